The van der Waals surface area contributed by atoms with Crippen LogP contribution in [0.3, 0.4) is 0 Å². The van der Waals surface area contributed by atoms with Gasteiger partial charge in [0.25, 0.3) is 0 Å². The third-order valence-electron chi connectivity index (χ3n) is 5.08. The number of fused-ring (bicyclic) bond motifs is 4. The van der Waals surface area contributed by atoms with Gasteiger partial charge >= 0.3 is 0 Å². The molecule has 2 aromatic carbocycles. The molecular weight excluding hydrogens is 310 g/mol. The van der Waals surface area contributed by atoms with Crippen molar-refractivity contribution in [3.63, 3.8) is 0 Å². The van der Waals surface area contributed by atoms with Crippen LogP contribution in [0.5, 0.6) is 17.2 Å². The number of hydrogen-bond acceptors (Lipinski definition) is 6. The largest absolute Gasteiger partial charge is 0.506 e. The first-order chi connectivity index (χ1) is 11.4. The molecule has 0 radical (unpaired) electrons. The van der Waals surface area contributed by atoms with Crippen LogP contribution >= 0.6 is 0 Å². The van der Waals surface area contributed by atoms with Crippen molar-refractivity contribution in [2.45, 2.75) is 18.3 Å². The van der Waals surface area contributed by atoms with Crippen LogP contribution < -0.4 is 5.32 Å². The molecule has 1 spiro atoms. The van der Waals surface area contributed by atoms with Crippen molar-refractivity contribution in [3.8, 4) is 17.2 Å². The number of aromatic hydroxyl groups is 3. The lowest BCUT2D eigenvalue weighted by Crippen LogP contribution is -2.22. The standard InChI is InChI=1S/C18H15NO5/c1-19-12-4-10-8(2-13(12)20)16(23)6-18(10)7-17(24)9-3-14(21)15(22)5-11(9)18/h2-5,19-22H,6-7H2,1H3. The Morgan fingerprint density at radius 2 is 1.33 bits per heavy atom. The molecule has 6 heteroatoms. The smallest absolute Gasteiger partial charge is 0.164 e. The second-order valence-corrected chi connectivity index (χ2v) is 6.33. The number of phenols is 3. The van der Waals surface area contributed by atoms with E-state index in [1.165, 1.54) is 18.2 Å². The summed E-state index contributed by atoms with van der Waals surface area (Å²) in [5, 5.41) is 32.4. The minimum absolute atomic E-state index is 0.0280. The number of hydrogen-bond donors (Lipinski definition) is 4. The first kappa shape index (κ1) is 14.6. The van der Waals surface area contributed by atoms with E-state index < -0.39 is 5.41 Å². The van der Waals surface area contributed by atoms with Gasteiger partial charge in [-0.25, -0.2) is 0 Å². The van der Waals surface area contributed by atoms with Gasteiger partial charge in [-0.15, -0.1) is 0 Å². The van der Waals surface area contributed by atoms with Gasteiger partial charge in [0.15, 0.2) is 23.1 Å². The number of carbonyl (C=O) groups excluding carboxylic acids is 2. The van der Waals surface area contributed by atoms with Gasteiger partial charge in [-0.1, -0.05) is 0 Å². The minimum atomic E-state index is -0.858. The highest BCUT2D eigenvalue weighted by Gasteiger charge is 2.52. The fourth-order valence-electron chi connectivity index (χ4n) is 3.95. The second kappa shape index (κ2) is 4.50. The lowest BCUT2D eigenvalue weighted by Gasteiger charge is -2.25. The molecule has 0 fully saturated rings. The lowest BCUT2D eigenvalue weighted by molar-refractivity contribution is 0.0957. The molecule has 1 unspecified atom stereocenters. The predicted octanol–water partition coefficient (Wildman–Crippen LogP) is 2.30. The monoisotopic (exact) mass is 325 g/mol. The predicted molar refractivity (Wildman–Crippen MR) is 86.1 cm³/mol. The normalized spacial score (nSPS) is 21.2. The van der Waals surface area contributed by atoms with E-state index in [2.05, 4.69) is 5.32 Å². The summed E-state index contributed by atoms with van der Waals surface area (Å²) in [6.45, 7) is 0. The zero-order valence-electron chi connectivity index (χ0n) is 12.9. The molecule has 0 heterocycles. The molecule has 0 aliphatic heterocycles. The number of anilines is 1. The minimum Gasteiger partial charge on any atom is -0.506 e. The van der Waals surface area contributed by atoms with E-state index >= 15 is 0 Å². The van der Waals surface area contributed by atoms with Crippen LogP contribution in [-0.4, -0.2) is 33.9 Å². The van der Waals surface area contributed by atoms with E-state index in [1.807, 2.05) is 0 Å². The highest BCUT2D eigenvalue weighted by atomic mass is 16.3. The van der Waals surface area contributed by atoms with Gasteiger partial charge < -0.3 is 20.6 Å². The van der Waals surface area contributed by atoms with Gasteiger partial charge in [0.2, 0.25) is 0 Å². The molecular formula is C18H15NO5. The van der Waals surface area contributed by atoms with Gasteiger partial charge in [0.05, 0.1) is 5.69 Å². The summed E-state index contributed by atoms with van der Waals surface area (Å²) in [4.78, 5) is 25.0. The molecule has 2 aliphatic carbocycles. The molecule has 2 aromatic rings. The number of ketones is 2. The number of carbonyl (C=O) groups is 2. The molecule has 6 nitrogen and oxygen atoms in total. The van der Waals surface area contributed by atoms with Crippen molar-refractivity contribution < 1.29 is 24.9 Å². The van der Waals surface area contributed by atoms with Gasteiger partial charge in [0.1, 0.15) is 5.75 Å². The maximum atomic E-state index is 12.5. The summed E-state index contributed by atoms with van der Waals surface area (Å²) < 4.78 is 0. The van der Waals surface area contributed by atoms with Crippen molar-refractivity contribution >= 4 is 17.3 Å². The van der Waals surface area contributed by atoms with E-state index in [4.69, 9.17) is 0 Å². The summed E-state index contributed by atoms with van der Waals surface area (Å²) in [6, 6.07) is 5.72. The zero-order chi connectivity index (χ0) is 17.2. The quantitative estimate of drug-likeness (QED) is 0.599. The van der Waals surface area contributed by atoms with E-state index in [0.29, 0.717) is 27.9 Å². The van der Waals surface area contributed by atoms with E-state index in [-0.39, 0.29) is 41.7 Å². The Bertz CT molecular complexity index is 929. The van der Waals surface area contributed by atoms with Gasteiger partial charge in [0, 0.05) is 36.4 Å². The van der Waals surface area contributed by atoms with Crippen LogP contribution in [0.1, 0.15) is 44.7 Å². The fourth-order valence-corrected chi connectivity index (χ4v) is 3.95. The molecule has 0 saturated heterocycles. The van der Waals surface area contributed by atoms with Gasteiger partial charge in [-0.2, -0.15) is 0 Å². The molecule has 2 aliphatic rings. The van der Waals surface area contributed by atoms with E-state index in [9.17, 15) is 24.9 Å². The third-order valence-corrected chi connectivity index (χ3v) is 5.08. The second-order valence-electron chi connectivity index (χ2n) is 6.33. The van der Waals surface area contributed by atoms with E-state index in [0.717, 1.165) is 0 Å². The summed E-state index contributed by atoms with van der Waals surface area (Å²) in [5.74, 6) is -1.04. The van der Waals surface area contributed by atoms with Crippen LogP contribution in [-0.2, 0) is 5.41 Å². The van der Waals surface area contributed by atoms with Gasteiger partial charge in [-0.3, -0.25) is 9.59 Å². The van der Waals surface area contributed by atoms with Crippen LogP contribution in [0.15, 0.2) is 24.3 Å². The maximum absolute atomic E-state index is 12.5. The summed E-state index contributed by atoms with van der Waals surface area (Å²) in [7, 11) is 1.66. The summed E-state index contributed by atoms with van der Waals surface area (Å²) in [6.07, 6.45) is 0.190. The van der Waals surface area contributed by atoms with E-state index in [1.54, 1.807) is 13.1 Å². The molecule has 0 amide bonds. The lowest BCUT2D eigenvalue weighted by atomic mass is 9.76. The first-order valence-corrected chi connectivity index (χ1v) is 7.55. The van der Waals surface area contributed by atoms with Crippen LogP contribution in [0, 0.1) is 0 Å². The molecule has 122 valence electrons. The maximum Gasteiger partial charge on any atom is 0.164 e. The van der Waals surface area contributed by atoms with Gasteiger partial charge in [-0.05, 0) is 35.4 Å². The Labute approximate surface area is 137 Å². The molecule has 0 saturated carbocycles. The molecule has 1 atom stereocenters. The highest BCUT2D eigenvalue weighted by Crippen LogP contribution is 2.55. The number of nitrogens with one attached hydrogen (secondary N) is 1. The number of Topliss-reactive ketones (excluding diaryl/α,β-unsaturated/α-hetero) is 2. The van der Waals surface area contributed by atoms with Crippen LogP contribution in [0.4, 0.5) is 5.69 Å². The Hall–Kier alpha value is -3.02. The topological polar surface area (TPSA) is 107 Å². The van der Waals surface area contributed by atoms with Crippen LogP contribution in [0.2, 0.25) is 0 Å². The SMILES string of the molecule is CNc1cc2c(cc1O)C(=O)CC21CC(=O)c2cc(O)c(O)cc21. The fraction of sp³-hybridized carbons (Fsp3) is 0.222. The third kappa shape index (κ3) is 1.65. The molecule has 0 aromatic heterocycles. The highest BCUT2D eigenvalue weighted by molar-refractivity contribution is 6.10. The summed E-state index contributed by atoms with van der Waals surface area (Å²) >= 11 is 0. The number of benzene rings is 2. The number of phenolic OH excluding ortho intramolecular Hbond substituents is 3. The van der Waals surface area contributed by atoms with Crippen molar-refractivity contribution in [2.24, 2.45) is 0 Å². The zero-order valence-corrected chi connectivity index (χ0v) is 12.9. The first-order valence-electron chi connectivity index (χ1n) is 7.55. The molecule has 4 rings (SSSR count). The van der Waals surface area contributed by atoms with Crippen molar-refractivity contribution in [1.29, 1.82) is 0 Å². The van der Waals surface area contributed by atoms with Crippen molar-refractivity contribution in [3.05, 3.63) is 46.5 Å². The average Bonchev–Trinajstić information content (AvgIpc) is 2.95. The average molecular weight is 325 g/mol. The molecule has 4 N–H and O–H groups in total. The molecule has 0 bridgehead atoms. The number of rotatable bonds is 1. The molecule has 24 heavy (non-hydrogen) atoms. The Morgan fingerprint density at radius 3 is 1.92 bits per heavy atom. The Balaban J connectivity index is 2.03. The van der Waals surface area contributed by atoms with Crippen molar-refractivity contribution in [1.82, 2.24) is 0 Å². The van der Waals surface area contributed by atoms with Crippen molar-refractivity contribution in [2.75, 3.05) is 12.4 Å². The summed E-state index contributed by atoms with van der Waals surface area (Å²) in [5.41, 5.74) is 1.52. The Morgan fingerprint density at radius 1 is 0.833 bits per heavy atom. The van der Waals surface area contributed by atoms with Crippen LogP contribution in [0.25, 0.3) is 0 Å². The Kier molecular flexibility index (Phi) is 2.73.